The first kappa shape index (κ1) is 13.4. The van der Waals surface area contributed by atoms with E-state index in [4.69, 9.17) is 5.11 Å². The number of hydrogen-bond donors (Lipinski definition) is 1. The van der Waals surface area contributed by atoms with Crippen LogP contribution in [0.2, 0.25) is 0 Å². The van der Waals surface area contributed by atoms with Gasteiger partial charge < -0.3 is 14.9 Å². The van der Waals surface area contributed by atoms with Gasteiger partial charge in [-0.15, -0.1) is 0 Å². The maximum absolute atomic E-state index is 11.6. The van der Waals surface area contributed by atoms with Gasteiger partial charge in [0.05, 0.1) is 12.3 Å². The SMILES string of the molecule is CC(CN(C)c1ccc2c(c1)CC(=O)N2C)C(=O)O. The van der Waals surface area contributed by atoms with Crippen LogP contribution in [0.1, 0.15) is 12.5 Å². The number of carboxylic acids is 1. The molecule has 1 atom stereocenters. The molecule has 0 aliphatic carbocycles. The van der Waals surface area contributed by atoms with Crippen LogP contribution in [0.25, 0.3) is 0 Å². The molecule has 2 rings (SSSR count). The number of carbonyl (C=O) groups excluding carboxylic acids is 1. The molecule has 1 heterocycles. The van der Waals surface area contributed by atoms with Gasteiger partial charge in [-0.1, -0.05) is 6.92 Å². The molecule has 5 nitrogen and oxygen atoms in total. The molecule has 0 saturated carbocycles. The van der Waals surface area contributed by atoms with E-state index in [9.17, 15) is 9.59 Å². The van der Waals surface area contributed by atoms with E-state index in [2.05, 4.69) is 0 Å². The number of rotatable bonds is 4. The summed E-state index contributed by atoms with van der Waals surface area (Å²) in [6, 6.07) is 5.80. The second-order valence-electron chi connectivity index (χ2n) is 5.06. The van der Waals surface area contributed by atoms with Gasteiger partial charge in [-0.2, -0.15) is 0 Å². The van der Waals surface area contributed by atoms with Crippen molar-refractivity contribution in [3.05, 3.63) is 23.8 Å². The lowest BCUT2D eigenvalue weighted by Gasteiger charge is -2.22. The minimum Gasteiger partial charge on any atom is -0.481 e. The average Bonchev–Trinajstić information content (AvgIpc) is 2.64. The van der Waals surface area contributed by atoms with Gasteiger partial charge in [0.2, 0.25) is 5.91 Å². The maximum Gasteiger partial charge on any atom is 0.308 e. The second kappa shape index (κ2) is 4.91. The fourth-order valence-electron chi connectivity index (χ4n) is 2.29. The molecule has 102 valence electrons. The van der Waals surface area contributed by atoms with Crippen LogP contribution in [0.5, 0.6) is 0 Å². The van der Waals surface area contributed by atoms with E-state index < -0.39 is 11.9 Å². The van der Waals surface area contributed by atoms with Crippen molar-refractivity contribution in [1.82, 2.24) is 0 Å². The summed E-state index contributed by atoms with van der Waals surface area (Å²) >= 11 is 0. The highest BCUT2D eigenvalue weighted by Gasteiger charge is 2.24. The normalized spacial score (nSPS) is 15.3. The number of hydrogen-bond acceptors (Lipinski definition) is 3. The molecule has 5 heteroatoms. The highest BCUT2D eigenvalue weighted by molar-refractivity contribution is 6.01. The molecule has 0 radical (unpaired) electrons. The summed E-state index contributed by atoms with van der Waals surface area (Å²) in [4.78, 5) is 26.0. The fraction of sp³-hybridized carbons (Fsp3) is 0.429. The topological polar surface area (TPSA) is 60.9 Å². The summed E-state index contributed by atoms with van der Waals surface area (Å²) in [7, 11) is 3.63. The third-order valence-corrected chi connectivity index (χ3v) is 3.55. The molecule has 1 aromatic rings. The number of amides is 1. The minimum absolute atomic E-state index is 0.0914. The first-order valence-corrected chi connectivity index (χ1v) is 6.23. The van der Waals surface area contributed by atoms with Gasteiger partial charge in [-0.3, -0.25) is 9.59 Å². The Morgan fingerprint density at radius 1 is 1.53 bits per heavy atom. The van der Waals surface area contributed by atoms with Crippen molar-refractivity contribution in [2.75, 3.05) is 30.4 Å². The molecule has 1 aromatic carbocycles. The molecule has 0 bridgehead atoms. The molecule has 1 aliphatic heterocycles. The van der Waals surface area contributed by atoms with E-state index in [0.717, 1.165) is 16.9 Å². The number of anilines is 2. The smallest absolute Gasteiger partial charge is 0.308 e. The summed E-state index contributed by atoms with van der Waals surface area (Å²) in [5.41, 5.74) is 2.88. The fourth-order valence-corrected chi connectivity index (χ4v) is 2.29. The van der Waals surface area contributed by atoms with Crippen LogP contribution in [-0.4, -0.2) is 37.6 Å². The van der Waals surface area contributed by atoms with Crippen LogP contribution in [-0.2, 0) is 16.0 Å². The van der Waals surface area contributed by atoms with Crippen LogP contribution in [0, 0.1) is 5.92 Å². The van der Waals surface area contributed by atoms with Crippen molar-refractivity contribution < 1.29 is 14.7 Å². The molecular weight excluding hydrogens is 244 g/mol. The lowest BCUT2D eigenvalue weighted by Crippen LogP contribution is -2.28. The molecule has 0 saturated heterocycles. The quantitative estimate of drug-likeness (QED) is 0.890. The molecule has 0 fully saturated rings. The van der Waals surface area contributed by atoms with Gasteiger partial charge in [0.25, 0.3) is 0 Å². The summed E-state index contributed by atoms with van der Waals surface area (Å²) < 4.78 is 0. The highest BCUT2D eigenvalue weighted by Crippen LogP contribution is 2.31. The summed E-state index contributed by atoms with van der Waals surface area (Å²) in [6.07, 6.45) is 0.419. The van der Waals surface area contributed by atoms with Gasteiger partial charge in [0.15, 0.2) is 0 Å². The molecule has 1 aliphatic rings. The number of benzene rings is 1. The third-order valence-electron chi connectivity index (χ3n) is 3.55. The largest absolute Gasteiger partial charge is 0.481 e. The number of carbonyl (C=O) groups is 2. The molecule has 1 N–H and O–H groups in total. The van der Waals surface area contributed by atoms with Gasteiger partial charge >= 0.3 is 5.97 Å². The molecule has 0 aromatic heterocycles. The van der Waals surface area contributed by atoms with Crippen LogP contribution in [0.3, 0.4) is 0 Å². The van der Waals surface area contributed by atoms with Crippen LogP contribution in [0.4, 0.5) is 11.4 Å². The van der Waals surface area contributed by atoms with Gasteiger partial charge in [0.1, 0.15) is 0 Å². The van der Waals surface area contributed by atoms with Crippen molar-refractivity contribution >= 4 is 23.3 Å². The van der Waals surface area contributed by atoms with Crippen LogP contribution < -0.4 is 9.80 Å². The van der Waals surface area contributed by atoms with E-state index >= 15 is 0 Å². The number of nitrogens with zero attached hydrogens (tertiary/aromatic N) is 2. The first-order chi connectivity index (χ1) is 8.90. The van der Waals surface area contributed by atoms with Crippen molar-refractivity contribution in [2.45, 2.75) is 13.3 Å². The molecule has 19 heavy (non-hydrogen) atoms. The predicted molar refractivity (Wildman–Crippen MR) is 73.6 cm³/mol. The summed E-state index contributed by atoms with van der Waals surface area (Å²) in [5, 5.41) is 8.92. The van der Waals surface area contributed by atoms with Crippen molar-refractivity contribution in [3.63, 3.8) is 0 Å². The molecular formula is C14H18N2O3. The van der Waals surface area contributed by atoms with E-state index in [1.165, 1.54) is 0 Å². The Bertz CT molecular complexity index is 527. The van der Waals surface area contributed by atoms with Gasteiger partial charge in [-0.25, -0.2) is 0 Å². The van der Waals surface area contributed by atoms with Crippen molar-refractivity contribution in [3.8, 4) is 0 Å². The van der Waals surface area contributed by atoms with Gasteiger partial charge in [-0.05, 0) is 23.8 Å². The van der Waals surface area contributed by atoms with Crippen molar-refractivity contribution in [2.24, 2.45) is 5.92 Å². The van der Waals surface area contributed by atoms with E-state index in [1.807, 2.05) is 30.1 Å². The number of fused-ring (bicyclic) bond motifs is 1. The Kier molecular flexibility index (Phi) is 3.46. The second-order valence-corrected chi connectivity index (χ2v) is 5.06. The third kappa shape index (κ3) is 2.54. The molecule has 1 amide bonds. The maximum atomic E-state index is 11.6. The zero-order valence-electron chi connectivity index (χ0n) is 11.4. The Hall–Kier alpha value is -2.04. The Morgan fingerprint density at radius 2 is 2.21 bits per heavy atom. The molecule has 1 unspecified atom stereocenters. The Morgan fingerprint density at radius 3 is 2.84 bits per heavy atom. The zero-order chi connectivity index (χ0) is 14.2. The number of carboxylic acid groups (broad SMARTS) is 1. The van der Waals surface area contributed by atoms with Crippen molar-refractivity contribution in [1.29, 1.82) is 0 Å². The minimum atomic E-state index is -0.803. The van der Waals surface area contributed by atoms with E-state index in [1.54, 1.807) is 18.9 Å². The number of aliphatic carboxylic acids is 1. The van der Waals surface area contributed by atoms with Gasteiger partial charge in [0, 0.05) is 32.0 Å². The van der Waals surface area contributed by atoms with Crippen LogP contribution >= 0.6 is 0 Å². The Labute approximate surface area is 112 Å². The average molecular weight is 262 g/mol. The summed E-state index contributed by atoms with van der Waals surface area (Å²) in [6.45, 7) is 2.13. The standard InChI is InChI=1S/C14H18N2O3/c1-9(14(18)19)8-15(2)11-4-5-12-10(6-11)7-13(17)16(12)3/h4-6,9H,7-8H2,1-3H3,(H,18,19). The Balaban J connectivity index is 2.17. The first-order valence-electron chi connectivity index (χ1n) is 6.23. The van der Waals surface area contributed by atoms with E-state index in [0.29, 0.717) is 13.0 Å². The van der Waals surface area contributed by atoms with Crippen LogP contribution in [0.15, 0.2) is 18.2 Å². The zero-order valence-corrected chi connectivity index (χ0v) is 11.4. The lowest BCUT2D eigenvalue weighted by molar-refractivity contribution is -0.140. The predicted octanol–water partition coefficient (Wildman–Crippen LogP) is 1.36. The highest BCUT2D eigenvalue weighted by atomic mass is 16.4. The lowest BCUT2D eigenvalue weighted by atomic mass is 10.1. The monoisotopic (exact) mass is 262 g/mol. The van der Waals surface area contributed by atoms with E-state index in [-0.39, 0.29) is 5.91 Å². The molecule has 0 spiro atoms. The number of likely N-dealkylation sites (N-methyl/N-ethyl adjacent to an activating group) is 1. The summed E-state index contributed by atoms with van der Waals surface area (Å²) in [5.74, 6) is -1.14.